The Morgan fingerprint density at radius 2 is 1.90 bits per heavy atom. The van der Waals surface area contributed by atoms with Gasteiger partial charge in [0, 0.05) is 11.4 Å². The second kappa shape index (κ2) is 9.31. The van der Waals surface area contributed by atoms with Crippen LogP contribution in [-0.4, -0.2) is 28.4 Å². The topological polar surface area (TPSA) is 82.9 Å². The van der Waals surface area contributed by atoms with Crippen molar-refractivity contribution in [2.24, 2.45) is 10.2 Å². The summed E-state index contributed by atoms with van der Waals surface area (Å²) in [5.41, 5.74) is -0.571. The van der Waals surface area contributed by atoms with Crippen LogP contribution in [0.1, 0.15) is 17.5 Å². The number of amides is 2. The number of carbonyl (C=O) groups is 2. The highest BCUT2D eigenvalue weighted by atomic mass is 35.5. The number of benzene rings is 2. The third-order valence-electron chi connectivity index (χ3n) is 3.88. The molecule has 1 aliphatic heterocycles. The van der Waals surface area contributed by atoms with E-state index in [0.717, 1.165) is 29.5 Å². The van der Waals surface area contributed by atoms with E-state index >= 15 is 0 Å². The second-order valence-electron chi connectivity index (χ2n) is 6.09. The zero-order chi connectivity index (χ0) is 21.7. The van der Waals surface area contributed by atoms with E-state index in [0.29, 0.717) is 5.02 Å². The third kappa shape index (κ3) is 5.83. The van der Waals surface area contributed by atoms with Gasteiger partial charge in [-0.15, -0.1) is 5.10 Å². The van der Waals surface area contributed by atoms with Crippen molar-refractivity contribution in [2.45, 2.75) is 17.8 Å². The van der Waals surface area contributed by atoms with E-state index in [1.54, 1.807) is 24.3 Å². The molecule has 2 aromatic rings. The Labute approximate surface area is 178 Å². The molecule has 1 unspecified atom stereocenters. The number of hydrogen-bond acceptors (Lipinski definition) is 5. The molecule has 1 heterocycles. The summed E-state index contributed by atoms with van der Waals surface area (Å²) in [6.45, 7) is 0. The largest absolute Gasteiger partial charge is 0.418 e. The van der Waals surface area contributed by atoms with E-state index in [-0.39, 0.29) is 17.3 Å². The molecule has 2 amide bonds. The monoisotopic (exact) mass is 454 g/mol. The smallest absolute Gasteiger partial charge is 0.325 e. The van der Waals surface area contributed by atoms with Crippen LogP contribution in [0, 0.1) is 0 Å². The lowest BCUT2D eigenvalue weighted by Crippen LogP contribution is -2.28. The zero-order valence-corrected chi connectivity index (χ0v) is 16.7. The number of nitrogens with one attached hydrogen (secondary N) is 2. The lowest BCUT2D eigenvalue weighted by molar-refractivity contribution is -0.137. The van der Waals surface area contributed by atoms with Gasteiger partial charge in [-0.2, -0.15) is 18.3 Å². The summed E-state index contributed by atoms with van der Waals surface area (Å²) in [6, 6.07) is 11.5. The number of carbonyl (C=O) groups excluding carboxylic acids is 2. The van der Waals surface area contributed by atoms with Crippen molar-refractivity contribution >= 4 is 52.2 Å². The van der Waals surface area contributed by atoms with Crippen LogP contribution in [-0.2, 0) is 15.8 Å². The number of thioether (sulfide) groups is 1. The number of nitrogens with zero attached hydrogens (tertiary/aromatic N) is 2. The Balaban J connectivity index is 1.59. The lowest BCUT2D eigenvalue weighted by Gasteiger charge is -2.14. The Morgan fingerprint density at radius 1 is 1.20 bits per heavy atom. The molecular formula is C19H14ClF3N4O2S. The number of anilines is 1. The fourth-order valence-electron chi connectivity index (χ4n) is 2.49. The molecular weight excluding hydrogens is 441 g/mol. The third-order valence-corrected chi connectivity index (χ3v) is 5.20. The van der Waals surface area contributed by atoms with Crippen molar-refractivity contribution in [3.05, 3.63) is 64.7 Å². The van der Waals surface area contributed by atoms with Crippen molar-refractivity contribution in [2.75, 3.05) is 5.32 Å². The number of para-hydroxylation sites is 1. The van der Waals surface area contributed by atoms with Crippen LogP contribution in [0.25, 0.3) is 0 Å². The van der Waals surface area contributed by atoms with Gasteiger partial charge in [0.1, 0.15) is 5.25 Å². The van der Waals surface area contributed by atoms with Gasteiger partial charge in [0.2, 0.25) is 11.8 Å². The predicted octanol–water partition coefficient (Wildman–Crippen LogP) is 4.31. The number of halogens is 4. The fraction of sp³-hybridized carbons (Fsp3) is 0.158. The molecule has 156 valence electrons. The highest BCUT2D eigenvalue weighted by molar-refractivity contribution is 8.15. The molecule has 0 saturated carbocycles. The maximum atomic E-state index is 13.0. The van der Waals surface area contributed by atoms with Gasteiger partial charge in [-0.3, -0.25) is 9.59 Å². The van der Waals surface area contributed by atoms with Crippen LogP contribution in [0.3, 0.4) is 0 Å². The molecule has 1 atom stereocenters. The highest BCUT2D eigenvalue weighted by Crippen LogP contribution is 2.34. The molecule has 1 fully saturated rings. The van der Waals surface area contributed by atoms with E-state index in [9.17, 15) is 22.8 Å². The van der Waals surface area contributed by atoms with E-state index in [1.165, 1.54) is 18.3 Å². The van der Waals surface area contributed by atoms with Gasteiger partial charge in [0.05, 0.1) is 17.5 Å². The minimum Gasteiger partial charge on any atom is -0.325 e. The van der Waals surface area contributed by atoms with Crippen molar-refractivity contribution in [1.82, 2.24) is 5.32 Å². The van der Waals surface area contributed by atoms with Crippen molar-refractivity contribution in [3.8, 4) is 0 Å². The van der Waals surface area contributed by atoms with Crippen LogP contribution >= 0.6 is 23.4 Å². The second-order valence-corrected chi connectivity index (χ2v) is 7.72. The average Bonchev–Trinajstić information content (AvgIpc) is 3.02. The molecule has 1 aliphatic rings. The number of rotatable bonds is 5. The summed E-state index contributed by atoms with van der Waals surface area (Å²) in [5, 5.41) is 12.4. The minimum absolute atomic E-state index is 0.193. The van der Waals surface area contributed by atoms with E-state index in [2.05, 4.69) is 20.8 Å². The molecule has 2 N–H and O–H groups in total. The first-order valence-electron chi connectivity index (χ1n) is 8.52. The lowest BCUT2D eigenvalue weighted by atomic mass is 10.1. The molecule has 0 radical (unpaired) electrons. The van der Waals surface area contributed by atoms with E-state index in [4.69, 9.17) is 11.6 Å². The Kier molecular flexibility index (Phi) is 6.78. The quantitative estimate of drug-likeness (QED) is 0.521. The van der Waals surface area contributed by atoms with Gasteiger partial charge < -0.3 is 10.6 Å². The SMILES string of the molecule is O=C(CC1SC(=NN=Cc2ccc(Cl)cc2)NC1=O)Nc1ccccc1C(F)(F)F. The zero-order valence-electron chi connectivity index (χ0n) is 15.1. The van der Waals surface area contributed by atoms with Crippen molar-refractivity contribution in [1.29, 1.82) is 0 Å². The molecule has 0 bridgehead atoms. The molecule has 2 aromatic carbocycles. The Hall–Kier alpha value is -2.85. The number of hydrogen-bond donors (Lipinski definition) is 2. The molecule has 0 aromatic heterocycles. The number of amidine groups is 1. The first kappa shape index (κ1) is 21.8. The molecule has 11 heteroatoms. The molecule has 30 heavy (non-hydrogen) atoms. The van der Waals surface area contributed by atoms with Crippen LogP contribution in [0.5, 0.6) is 0 Å². The highest BCUT2D eigenvalue weighted by Gasteiger charge is 2.35. The summed E-state index contributed by atoms with van der Waals surface area (Å²) in [7, 11) is 0. The maximum Gasteiger partial charge on any atom is 0.418 e. The van der Waals surface area contributed by atoms with Crippen LogP contribution < -0.4 is 10.6 Å². The van der Waals surface area contributed by atoms with Gasteiger partial charge in [-0.05, 0) is 29.8 Å². The summed E-state index contributed by atoms with van der Waals surface area (Å²) in [6.07, 6.45) is -3.46. The Morgan fingerprint density at radius 3 is 2.60 bits per heavy atom. The van der Waals surface area contributed by atoms with Gasteiger partial charge in [-0.25, -0.2) is 0 Å². The summed E-state index contributed by atoms with van der Waals surface area (Å²) in [5.74, 6) is -1.19. The standard InChI is InChI=1S/C19H14ClF3N4O2S/c20-12-7-5-11(6-8-12)10-24-27-18-26-17(29)15(30-18)9-16(28)25-14-4-2-1-3-13(14)19(21,22)23/h1-8,10,15H,9H2,(H,25,28)(H,26,27,29). The molecule has 6 nitrogen and oxygen atoms in total. The summed E-state index contributed by atoms with van der Waals surface area (Å²) >= 11 is 6.77. The van der Waals surface area contributed by atoms with Crippen LogP contribution in [0.2, 0.25) is 5.02 Å². The van der Waals surface area contributed by atoms with Gasteiger partial charge in [0.15, 0.2) is 5.17 Å². The fourth-order valence-corrected chi connectivity index (χ4v) is 3.54. The van der Waals surface area contributed by atoms with Crippen molar-refractivity contribution in [3.63, 3.8) is 0 Å². The van der Waals surface area contributed by atoms with Gasteiger partial charge in [-0.1, -0.05) is 47.6 Å². The van der Waals surface area contributed by atoms with Crippen LogP contribution in [0.15, 0.2) is 58.7 Å². The van der Waals surface area contributed by atoms with Crippen LogP contribution in [0.4, 0.5) is 18.9 Å². The number of alkyl halides is 3. The molecule has 1 saturated heterocycles. The van der Waals surface area contributed by atoms with Gasteiger partial charge >= 0.3 is 6.18 Å². The van der Waals surface area contributed by atoms with Gasteiger partial charge in [0.25, 0.3) is 0 Å². The maximum absolute atomic E-state index is 13.0. The molecule has 3 rings (SSSR count). The molecule has 0 spiro atoms. The minimum atomic E-state index is -4.61. The summed E-state index contributed by atoms with van der Waals surface area (Å²) < 4.78 is 39.1. The first-order chi connectivity index (χ1) is 14.2. The first-order valence-corrected chi connectivity index (χ1v) is 9.78. The average molecular weight is 455 g/mol. The molecule has 0 aliphatic carbocycles. The predicted molar refractivity (Wildman–Crippen MR) is 111 cm³/mol. The summed E-state index contributed by atoms with van der Waals surface area (Å²) in [4.78, 5) is 24.2. The van der Waals surface area contributed by atoms with E-state index < -0.39 is 28.8 Å². The Bertz CT molecular complexity index is 1010. The van der Waals surface area contributed by atoms with E-state index in [1.807, 2.05) is 0 Å². The van der Waals surface area contributed by atoms with Crippen molar-refractivity contribution < 1.29 is 22.8 Å². The normalized spacial score (nSPS) is 18.1.